The number of nitrogens with one attached hydrogen (secondary N) is 1. The average molecular weight is 303 g/mol. The van der Waals surface area contributed by atoms with Crippen LogP contribution in [-0.4, -0.2) is 44.5 Å². The SMILES string of the molecule is COc1cccc(OC(F)(F)F)c1CNC1=NCCN1C. The Morgan fingerprint density at radius 2 is 2.05 bits per heavy atom. The normalized spacial score (nSPS) is 14.9. The van der Waals surface area contributed by atoms with Crippen LogP contribution in [0.5, 0.6) is 11.5 Å². The van der Waals surface area contributed by atoms with Crippen molar-refractivity contribution in [2.45, 2.75) is 12.9 Å². The molecule has 2 rings (SSSR count). The molecule has 0 saturated heterocycles. The van der Waals surface area contributed by atoms with E-state index in [9.17, 15) is 13.2 Å². The molecule has 0 bridgehead atoms. The van der Waals surface area contributed by atoms with Crippen molar-refractivity contribution in [2.24, 2.45) is 4.99 Å². The van der Waals surface area contributed by atoms with E-state index in [1.807, 2.05) is 11.9 Å². The lowest BCUT2D eigenvalue weighted by Gasteiger charge is -2.19. The zero-order valence-corrected chi connectivity index (χ0v) is 11.7. The van der Waals surface area contributed by atoms with Gasteiger partial charge in [0.25, 0.3) is 0 Å². The summed E-state index contributed by atoms with van der Waals surface area (Å²) in [6, 6.07) is 4.29. The molecule has 0 fully saturated rings. The largest absolute Gasteiger partial charge is 0.573 e. The van der Waals surface area contributed by atoms with Gasteiger partial charge in [-0.1, -0.05) is 6.07 Å². The highest BCUT2D eigenvalue weighted by atomic mass is 19.4. The van der Waals surface area contributed by atoms with E-state index in [-0.39, 0.29) is 12.3 Å². The third kappa shape index (κ3) is 3.93. The highest BCUT2D eigenvalue weighted by molar-refractivity contribution is 5.81. The fourth-order valence-corrected chi connectivity index (χ4v) is 2.02. The first kappa shape index (κ1) is 15.3. The Morgan fingerprint density at radius 1 is 1.33 bits per heavy atom. The quantitative estimate of drug-likeness (QED) is 0.924. The van der Waals surface area contributed by atoms with Crippen molar-refractivity contribution < 1.29 is 22.6 Å². The van der Waals surface area contributed by atoms with Crippen LogP contribution in [0.3, 0.4) is 0 Å². The highest BCUT2D eigenvalue weighted by Gasteiger charge is 2.32. The summed E-state index contributed by atoms with van der Waals surface area (Å²) in [5.41, 5.74) is 0.292. The monoisotopic (exact) mass is 303 g/mol. The molecule has 1 heterocycles. The maximum atomic E-state index is 12.4. The van der Waals surface area contributed by atoms with Crippen LogP contribution in [-0.2, 0) is 6.54 Å². The number of nitrogens with zero attached hydrogens (tertiary/aromatic N) is 2. The molecule has 0 saturated carbocycles. The molecular formula is C13H16F3N3O2. The highest BCUT2D eigenvalue weighted by Crippen LogP contribution is 2.32. The second-order valence-electron chi connectivity index (χ2n) is 4.47. The molecule has 8 heteroatoms. The molecule has 116 valence electrons. The number of guanidine groups is 1. The van der Waals surface area contributed by atoms with E-state index < -0.39 is 6.36 Å². The number of hydrogen-bond donors (Lipinski definition) is 1. The summed E-state index contributed by atoms with van der Waals surface area (Å²) in [6.07, 6.45) is -4.75. The van der Waals surface area contributed by atoms with Gasteiger partial charge in [0.1, 0.15) is 11.5 Å². The van der Waals surface area contributed by atoms with Crippen molar-refractivity contribution in [1.29, 1.82) is 0 Å². The Bertz CT molecular complexity index is 532. The molecular weight excluding hydrogens is 287 g/mol. The van der Waals surface area contributed by atoms with Gasteiger partial charge in [0.2, 0.25) is 0 Å². The van der Waals surface area contributed by atoms with Crippen molar-refractivity contribution in [1.82, 2.24) is 10.2 Å². The number of methoxy groups -OCH3 is 1. The van der Waals surface area contributed by atoms with Gasteiger partial charge in [0.05, 0.1) is 25.8 Å². The molecule has 1 aliphatic rings. The van der Waals surface area contributed by atoms with Crippen molar-refractivity contribution in [2.75, 3.05) is 27.2 Å². The summed E-state index contributed by atoms with van der Waals surface area (Å²) in [4.78, 5) is 6.11. The van der Waals surface area contributed by atoms with Gasteiger partial charge in [-0.3, -0.25) is 4.99 Å². The molecule has 1 N–H and O–H groups in total. The second kappa shape index (κ2) is 6.11. The van der Waals surface area contributed by atoms with Crippen LogP contribution in [0.4, 0.5) is 13.2 Å². The van der Waals surface area contributed by atoms with E-state index in [0.717, 1.165) is 6.54 Å². The molecule has 1 aliphatic heterocycles. The second-order valence-corrected chi connectivity index (χ2v) is 4.47. The van der Waals surface area contributed by atoms with E-state index >= 15 is 0 Å². The third-order valence-electron chi connectivity index (χ3n) is 3.02. The standard InChI is InChI=1S/C13H16F3N3O2/c1-19-7-6-17-12(19)18-8-9-10(20-2)4-3-5-11(9)21-13(14,15)16/h3-5H,6-8H2,1-2H3,(H,17,18). The summed E-state index contributed by atoms with van der Waals surface area (Å²) in [5.74, 6) is 0.681. The van der Waals surface area contributed by atoms with Crippen molar-refractivity contribution in [3.8, 4) is 11.5 Å². The van der Waals surface area contributed by atoms with Gasteiger partial charge in [-0.2, -0.15) is 0 Å². The minimum atomic E-state index is -4.75. The number of alkyl halides is 3. The fourth-order valence-electron chi connectivity index (χ4n) is 2.02. The first-order valence-corrected chi connectivity index (χ1v) is 6.32. The molecule has 0 aromatic heterocycles. The van der Waals surface area contributed by atoms with E-state index in [2.05, 4.69) is 15.0 Å². The Kier molecular flexibility index (Phi) is 4.44. The van der Waals surface area contributed by atoms with Crippen molar-refractivity contribution in [3.05, 3.63) is 23.8 Å². The third-order valence-corrected chi connectivity index (χ3v) is 3.02. The lowest BCUT2D eigenvalue weighted by Crippen LogP contribution is -2.35. The Morgan fingerprint density at radius 3 is 2.62 bits per heavy atom. The number of aliphatic imine (C=N–C) groups is 1. The number of likely N-dealkylation sites (N-methyl/N-ethyl adjacent to an activating group) is 1. The lowest BCUT2D eigenvalue weighted by atomic mass is 10.1. The molecule has 0 radical (unpaired) electrons. The van der Waals surface area contributed by atoms with Gasteiger partial charge < -0.3 is 19.7 Å². The van der Waals surface area contributed by atoms with Crippen LogP contribution in [0.25, 0.3) is 0 Å². The van der Waals surface area contributed by atoms with Crippen LogP contribution in [0, 0.1) is 0 Å². The molecule has 0 atom stereocenters. The smallest absolute Gasteiger partial charge is 0.496 e. The zero-order chi connectivity index (χ0) is 15.5. The van der Waals surface area contributed by atoms with Crippen LogP contribution in [0.2, 0.25) is 0 Å². The van der Waals surface area contributed by atoms with E-state index in [0.29, 0.717) is 23.8 Å². The van der Waals surface area contributed by atoms with E-state index in [4.69, 9.17) is 4.74 Å². The number of hydrogen-bond acceptors (Lipinski definition) is 5. The molecule has 21 heavy (non-hydrogen) atoms. The predicted octanol–water partition coefficient (Wildman–Crippen LogP) is 1.98. The van der Waals surface area contributed by atoms with Crippen LogP contribution < -0.4 is 14.8 Å². The number of ether oxygens (including phenoxy) is 2. The minimum Gasteiger partial charge on any atom is -0.496 e. The van der Waals surface area contributed by atoms with Crippen LogP contribution in [0.15, 0.2) is 23.2 Å². The van der Waals surface area contributed by atoms with Crippen LogP contribution >= 0.6 is 0 Å². The molecule has 1 aromatic rings. The maximum Gasteiger partial charge on any atom is 0.573 e. The van der Waals surface area contributed by atoms with E-state index in [1.165, 1.54) is 19.2 Å². The van der Waals surface area contributed by atoms with Gasteiger partial charge >= 0.3 is 6.36 Å². The Hall–Kier alpha value is -2.12. The molecule has 0 aliphatic carbocycles. The van der Waals surface area contributed by atoms with Gasteiger partial charge in [-0.25, -0.2) is 0 Å². The first-order chi connectivity index (χ1) is 9.90. The predicted molar refractivity (Wildman–Crippen MR) is 71.4 cm³/mol. The fraction of sp³-hybridized carbons (Fsp3) is 0.462. The van der Waals surface area contributed by atoms with Crippen LogP contribution in [0.1, 0.15) is 5.56 Å². The zero-order valence-electron chi connectivity index (χ0n) is 11.7. The number of halogens is 3. The molecule has 0 spiro atoms. The minimum absolute atomic E-state index is 0.124. The summed E-state index contributed by atoms with van der Waals surface area (Å²) in [6.45, 7) is 1.56. The van der Waals surface area contributed by atoms with Gasteiger partial charge in [-0.05, 0) is 12.1 Å². The Labute approximate surface area is 120 Å². The topological polar surface area (TPSA) is 46.1 Å². The number of rotatable bonds is 4. The molecule has 0 unspecified atom stereocenters. The summed E-state index contributed by atoms with van der Waals surface area (Å²) < 4.78 is 46.5. The summed E-state index contributed by atoms with van der Waals surface area (Å²) >= 11 is 0. The lowest BCUT2D eigenvalue weighted by molar-refractivity contribution is -0.274. The van der Waals surface area contributed by atoms with Gasteiger partial charge in [0, 0.05) is 13.6 Å². The van der Waals surface area contributed by atoms with Crippen molar-refractivity contribution in [3.63, 3.8) is 0 Å². The van der Waals surface area contributed by atoms with E-state index in [1.54, 1.807) is 6.07 Å². The Balaban J connectivity index is 2.19. The molecule has 1 aromatic carbocycles. The first-order valence-electron chi connectivity index (χ1n) is 6.32. The summed E-state index contributed by atoms with van der Waals surface area (Å²) in [7, 11) is 3.25. The van der Waals surface area contributed by atoms with Crippen molar-refractivity contribution >= 4 is 5.96 Å². The number of benzene rings is 1. The average Bonchev–Trinajstić information content (AvgIpc) is 2.81. The van der Waals surface area contributed by atoms with Gasteiger partial charge in [0.15, 0.2) is 5.96 Å². The summed E-state index contributed by atoms with van der Waals surface area (Å²) in [5, 5.41) is 3.00. The maximum absolute atomic E-state index is 12.4. The molecule has 0 amide bonds. The molecule has 5 nitrogen and oxygen atoms in total. The van der Waals surface area contributed by atoms with Gasteiger partial charge in [-0.15, -0.1) is 13.2 Å².